The minimum Gasteiger partial charge on any atom is -0.469 e. The Balaban J connectivity index is 1.61. The Kier molecular flexibility index (Phi) is 6.17. The van der Waals surface area contributed by atoms with E-state index in [1.54, 1.807) is 0 Å². The van der Waals surface area contributed by atoms with Gasteiger partial charge in [0.15, 0.2) is 5.78 Å². The van der Waals surface area contributed by atoms with Crippen LogP contribution in [0, 0.1) is 46.3 Å². The van der Waals surface area contributed by atoms with Gasteiger partial charge in [-0.15, -0.1) is 0 Å². The van der Waals surface area contributed by atoms with Crippen molar-refractivity contribution < 1.29 is 19.4 Å². The summed E-state index contributed by atoms with van der Waals surface area (Å²) in [6.45, 7) is 9.18. The van der Waals surface area contributed by atoms with Crippen LogP contribution in [-0.2, 0) is 14.3 Å². The molecule has 0 aromatic carbocycles. The molecule has 4 nitrogen and oxygen atoms in total. The highest BCUT2D eigenvalue weighted by Gasteiger charge is 2.64. The fraction of sp³-hybridized carbons (Fsp3) is 0.852. The van der Waals surface area contributed by atoms with Crippen LogP contribution in [-0.4, -0.2) is 30.1 Å². The number of Topliss-reactive ketones (excluding diaryl/α,β-unsaturated/α-hetero) is 1. The van der Waals surface area contributed by atoms with Gasteiger partial charge in [-0.2, -0.15) is 0 Å². The Hall–Kier alpha value is -1.16. The maximum absolute atomic E-state index is 13.9. The van der Waals surface area contributed by atoms with Crippen LogP contribution in [0.1, 0.15) is 85.5 Å². The Bertz CT molecular complexity index is 756. The highest BCUT2D eigenvalue weighted by molar-refractivity contribution is 5.99. The van der Waals surface area contributed by atoms with E-state index in [4.69, 9.17) is 4.74 Å². The molecule has 0 amide bonds. The minimum absolute atomic E-state index is 0.117. The number of carbonyl (C=O) groups excluding carboxylic acids is 2. The molecule has 0 aromatic heterocycles. The average molecular weight is 431 g/mol. The Labute approximate surface area is 188 Å². The molecule has 31 heavy (non-hydrogen) atoms. The molecule has 0 radical (unpaired) electrons. The van der Waals surface area contributed by atoms with Crippen LogP contribution in [0.5, 0.6) is 0 Å². The molecule has 0 bridgehead atoms. The van der Waals surface area contributed by atoms with Gasteiger partial charge >= 0.3 is 5.97 Å². The van der Waals surface area contributed by atoms with E-state index in [1.165, 1.54) is 20.0 Å². The minimum atomic E-state index is -0.266. The summed E-state index contributed by atoms with van der Waals surface area (Å²) < 4.78 is 4.87. The Morgan fingerprint density at radius 1 is 1.16 bits per heavy atom. The highest BCUT2D eigenvalue weighted by atomic mass is 16.5. The zero-order valence-electron chi connectivity index (χ0n) is 20.2. The van der Waals surface area contributed by atoms with Gasteiger partial charge in [0, 0.05) is 12.3 Å². The summed E-state index contributed by atoms with van der Waals surface area (Å²) in [5.41, 5.74) is 1.33. The van der Waals surface area contributed by atoms with Crippen LogP contribution in [0.3, 0.4) is 0 Å². The lowest BCUT2D eigenvalue weighted by molar-refractivity contribution is -0.150. The van der Waals surface area contributed by atoms with E-state index in [1.807, 2.05) is 6.92 Å². The molecule has 4 rings (SSSR count). The van der Waals surface area contributed by atoms with E-state index in [0.29, 0.717) is 35.9 Å². The summed E-state index contributed by atoms with van der Waals surface area (Å²) in [7, 11) is 1.47. The van der Waals surface area contributed by atoms with Crippen LogP contribution >= 0.6 is 0 Å². The summed E-state index contributed by atoms with van der Waals surface area (Å²) in [5.74, 6) is 2.57. The van der Waals surface area contributed by atoms with E-state index in [9.17, 15) is 14.7 Å². The van der Waals surface area contributed by atoms with Crippen LogP contribution in [0.15, 0.2) is 11.6 Å². The van der Waals surface area contributed by atoms with E-state index < -0.39 is 0 Å². The standard InChI is InChI=1S/C27H42O4/c1-6-18-22-15-17(28)11-13-27(22,4)21-12-14-26(3)19(16(2)7-10-23(29)31-5)8-9-20(26)24(21)25(18)30/h6,16-17,19-22,24,28H,7-15H2,1-5H3/t16-,17-,19-,20+,21+,22+,24+,26-,27-/m1/s1. The number of fused-ring (bicyclic) bond motifs is 5. The third-order valence-corrected chi connectivity index (χ3v) is 10.5. The molecule has 0 spiro atoms. The number of methoxy groups -OCH3 is 1. The van der Waals surface area contributed by atoms with Gasteiger partial charge in [-0.3, -0.25) is 9.59 Å². The number of aliphatic hydroxyl groups excluding tert-OH is 1. The third-order valence-electron chi connectivity index (χ3n) is 10.5. The van der Waals surface area contributed by atoms with Crippen LogP contribution < -0.4 is 0 Å². The molecule has 174 valence electrons. The molecule has 4 aliphatic rings. The van der Waals surface area contributed by atoms with Crippen LogP contribution in [0.4, 0.5) is 0 Å². The van der Waals surface area contributed by atoms with Crippen molar-refractivity contribution in [2.24, 2.45) is 46.3 Å². The number of aliphatic hydroxyl groups is 1. The molecule has 0 aromatic rings. The lowest BCUT2D eigenvalue weighted by Crippen LogP contribution is -2.58. The SMILES string of the molecule is CC=C1C(=O)[C@@H]2[C@H](CC[C@]3(C)[C@@H]([C@H](C)CCC(=O)OC)CC[C@@H]23)[C@@]2(C)CC[C@@H](O)C[C@@H]12. The predicted molar refractivity (Wildman–Crippen MR) is 121 cm³/mol. The third kappa shape index (κ3) is 3.52. The summed E-state index contributed by atoms with van der Waals surface area (Å²) in [6.07, 6.45) is 10.4. The fourth-order valence-corrected chi connectivity index (χ4v) is 8.81. The van der Waals surface area contributed by atoms with E-state index in [2.05, 4.69) is 26.8 Å². The van der Waals surface area contributed by atoms with Crippen molar-refractivity contribution in [3.63, 3.8) is 0 Å². The Morgan fingerprint density at radius 2 is 1.84 bits per heavy atom. The topological polar surface area (TPSA) is 63.6 Å². The molecule has 0 saturated heterocycles. The maximum Gasteiger partial charge on any atom is 0.305 e. The van der Waals surface area contributed by atoms with Gasteiger partial charge in [-0.1, -0.05) is 26.8 Å². The second kappa shape index (κ2) is 8.32. The molecule has 4 aliphatic carbocycles. The van der Waals surface area contributed by atoms with Gasteiger partial charge < -0.3 is 9.84 Å². The van der Waals surface area contributed by atoms with Gasteiger partial charge in [0.05, 0.1) is 13.2 Å². The number of ether oxygens (including phenoxy) is 1. The van der Waals surface area contributed by atoms with Crippen molar-refractivity contribution >= 4 is 11.8 Å². The molecule has 0 heterocycles. The first-order chi connectivity index (χ1) is 14.7. The van der Waals surface area contributed by atoms with Gasteiger partial charge in [0.25, 0.3) is 0 Å². The van der Waals surface area contributed by atoms with Crippen molar-refractivity contribution in [3.8, 4) is 0 Å². The first-order valence-electron chi connectivity index (χ1n) is 12.6. The molecule has 9 atom stereocenters. The van der Waals surface area contributed by atoms with Crippen molar-refractivity contribution in [2.75, 3.05) is 7.11 Å². The van der Waals surface area contributed by atoms with Gasteiger partial charge in [-0.05, 0) is 104 Å². The van der Waals surface area contributed by atoms with Crippen molar-refractivity contribution in [3.05, 3.63) is 11.6 Å². The van der Waals surface area contributed by atoms with E-state index in [-0.39, 0.29) is 34.7 Å². The molecule has 4 fully saturated rings. The Morgan fingerprint density at radius 3 is 2.52 bits per heavy atom. The number of esters is 1. The van der Waals surface area contributed by atoms with Crippen molar-refractivity contribution in [2.45, 2.75) is 91.6 Å². The number of allylic oxidation sites excluding steroid dienone is 2. The van der Waals surface area contributed by atoms with Crippen molar-refractivity contribution in [1.29, 1.82) is 0 Å². The molecular weight excluding hydrogens is 388 g/mol. The molecule has 1 N–H and O–H groups in total. The maximum atomic E-state index is 13.9. The lowest BCUT2D eigenvalue weighted by atomic mass is 9.43. The number of ketones is 1. The monoisotopic (exact) mass is 430 g/mol. The molecule has 0 unspecified atom stereocenters. The summed E-state index contributed by atoms with van der Waals surface area (Å²) in [4.78, 5) is 25.6. The molecule has 4 heteroatoms. The van der Waals surface area contributed by atoms with Gasteiger partial charge in [0.1, 0.15) is 0 Å². The second-order valence-corrected chi connectivity index (χ2v) is 11.7. The highest BCUT2D eigenvalue weighted by Crippen LogP contribution is 2.68. The van der Waals surface area contributed by atoms with Gasteiger partial charge in [0.2, 0.25) is 0 Å². The van der Waals surface area contributed by atoms with E-state index >= 15 is 0 Å². The average Bonchev–Trinajstić information content (AvgIpc) is 3.10. The largest absolute Gasteiger partial charge is 0.469 e. The lowest BCUT2D eigenvalue weighted by Gasteiger charge is -2.61. The summed E-state index contributed by atoms with van der Waals surface area (Å²) in [5, 5.41) is 10.4. The number of hydrogen-bond acceptors (Lipinski definition) is 4. The molecule has 4 saturated carbocycles. The second-order valence-electron chi connectivity index (χ2n) is 11.7. The number of rotatable bonds is 4. The quantitative estimate of drug-likeness (QED) is 0.484. The van der Waals surface area contributed by atoms with Crippen molar-refractivity contribution in [1.82, 2.24) is 0 Å². The fourth-order valence-electron chi connectivity index (χ4n) is 8.81. The normalized spacial score (nSPS) is 46.8. The predicted octanol–water partition coefficient (Wildman–Crippen LogP) is 5.33. The first-order valence-corrected chi connectivity index (χ1v) is 12.6. The molecule has 0 aliphatic heterocycles. The number of carbonyl (C=O) groups is 2. The summed E-state index contributed by atoms with van der Waals surface area (Å²) in [6, 6.07) is 0. The summed E-state index contributed by atoms with van der Waals surface area (Å²) >= 11 is 0. The zero-order chi connectivity index (χ0) is 22.6. The first kappa shape index (κ1) is 23.0. The van der Waals surface area contributed by atoms with E-state index in [0.717, 1.165) is 44.1 Å². The van der Waals surface area contributed by atoms with Gasteiger partial charge in [-0.25, -0.2) is 0 Å². The van der Waals surface area contributed by atoms with Crippen LogP contribution in [0.25, 0.3) is 0 Å². The zero-order valence-corrected chi connectivity index (χ0v) is 20.2. The van der Waals surface area contributed by atoms with Crippen LogP contribution in [0.2, 0.25) is 0 Å². The molecular formula is C27H42O4. The smallest absolute Gasteiger partial charge is 0.305 e. The number of hydrogen-bond donors (Lipinski definition) is 1.